The highest BCUT2D eigenvalue weighted by molar-refractivity contribution is 5.74. The van der Waals surface area contributed by atoms with E-state index >= 15 is 0 Å². The fourth-order valence-electron chi connectivity index (χ4n) is 12.1. The average Bonchev–Trinajstić information content (AvgIpc) is 3.61. The van der Waals surface area contributed by atoms with Crippen molar-refractivity contribution in [1.29, 1.82) is 0 Å². The molecule has 2 N–H and O–H groups in total. The summed E-state index contributed by atoms with van der Waals surface area (Å²) < 4.78 is 43.7. The van der Waals surface area contributed by atoms with Gasteiger partial charge in [0.25, 0.3) is 5.97 Å². The smallest absolute Gasteiger partial charge is 0.306 e. The second-order valence-corrected chi connectivity index (χ2v) is 14.4. The molecule has 4 saturated carbocycles. The number of aliphatic hydroxyl groups is 2. The zero-order chi connectivity index (χ0) is 29.2. The van der Waals surface area contributed by atoms with Crippen molar-refractivity contribution in [2.45, 2.75) is 106 Å². The highest BCUT2D eigenvalue weighted by Crippen LogP contribution is 2.89. The summed E-state index contributed by atoms with van der Waals surface area (Å²) in [5.41, 5.74) is -7.76. The molecular weight excluding hydrogens is 536 g/mol. The molecule has 11 nitrogen and oxygen atoms in total. The third-order valence-electron chi connectivity index (χ3n) is 13.2. The second kappa shape index (κ2) is 7.19. The predicted octanol–water partition coefficient (Wildman–Crippen LogP) is 2.38. The molecule has 4 heterocycles. The SMILES string of the molecule is COC(=O)CC1C2(C)CC34OC5(C)OC67C(CC(=O)OC6C3(O)C2OC)C(C)(C(O)c2ccoc2)CCC7(O5)C14C. The largest absolute Gasteiger partial charge is 0.472 e. The average molecular weight is 575 g/mol. The second-order valence-electron chi connectivity index (χ2n) is 14.4. The van der Waals surface area contributed by atoms with Crippen LogP contribution in [-0.2, 0) is 38.0 Å². The van der Waals surface area contributed by atoms with Gasteiger partial charge in [-0.25, -0.2) is 0 Å². The van der Waals surface area contributed by atoms with Crippen LogP contribution in [0.15, 0.2) is 23.0 Å². The van der Waals surface area contributed by atoms with E-state index in [1.807, 2.05) is 20.8 Å². The Balaban J connectivity index is 1.43. The molecule has 13 atom stereocenters. The highest BCUT2D eigenvalue weighted by atomic mass is 16.9. The molecule has 11 heteroatoms. The van der Waals surface area contributed by atoms with E-state index in [1.54, 1.807) is 13.0 Å². The molecule has 1 aromatic heterocycles. The Hall–Kier alpha value is -2.02. The standard InChI is InChI=1S/C30H38O11/c1-23(20(33)15-7-10-37-13-15)8-9-27-25(3)16(11-18(31)35-5)24(2)14-28(25)29(34,21(24)36-6)22-30(27,17(23)12-19(32)38-22)41-26(4,39-27)40-28/h7,10,13,16-17,20-22,33-34H,8-9,11-12,14H2,1-6H3. The number of carbonyl (C=O) groups excluding carboxylic acids is 2. The Kier molecular flexibility index (Phi) is 4.67. The van der Waals surface area contributed by atoms with Gasteiger partial charge in [0.1, 0.15) is 16.8 Å². The normalized spacial score (nSPS) is 57.8. The van der Waals surface area contributed by atoms with Gasteiger partial charge in [-0.2, -0.15) is 0 Å². The maximum Gasteiger partial charge on any atom is 0.306 e. The number of carbonyl (C=O) groups is 2. The first-order chi connectivity index (χ1) is 19.2. The lowest BCUT2D eigenvalue weighted by Gasteiger charge is -2.77. The fourth-order valence-corrected chi connectivity index (χ4v) is 12.1. The minimum atomic E-state index is -1.84. The van der Waals surface area contributed by atoms with Gasteiger partial charge in [0, 0.05) is 48.2 Å². The summed E-state index contributed by atoms with van der Waals surface area (Å²) in [6.07, 6.45) is 1.19. The third kappa shape index (κ3) is 2.31. The van der Waals surface area contributed by atoms with Crippen molar-refractivity contribution in [3.05, 3.63) is 24.2 Å². The number of rotatable bonds is 5. The van der Waals surface area contributed by atoms with Crippen LogP contribution < -0.4 is 0 Å². The Labute approximate surface area is 237 Å². The van der Waals surface area contributed by atoms with Gasteiger partial charge in [-0.05, 0) is 31.2 Å². The molecule has 0 radical (unpaired) electrons. The molecule has 0 amide bonds. The molecule has 224 valence electrons. The van der Waals surface area contributed by atoms with Gasteiger partial charge in [-0.15, -0.1) is 0 Å². The Morgan fingerprint density at radius 3 is 2.51 bits per heavy atom. The number of aliphatic hydroxyl groups excluding tert-OH is 1. The van der Waals surface area contributed by atoms with Gasteiger partial charge < -0.3 is 43.1 Å². The summed E-state index contributed by atoms with van der Waals surface area (Å²) in [4.78, 5) is 26.6. The van der Waals surface area contributed by atoms with Crippen LogP contribution in [0.4, 0.5) is 0 Å². The zero-order valence-corrected chi connectivity index (χ0v) is 24.2. The zero-order valence-electron chi connectivity index (χ0n) is 24.2. The van der Waals surface area contributed by atoms with Crippen molar-refractivity contribution < 1.29 is 52.6 Å². The highest BCUT2D eigenvalue weighted by Gasteiger charge is 3.03. The molecule has 3 saturated heterocycles. The molecule has 7 fully saturated rings. The van der Waals surface area contributed by atoms with E-state index < -0.39 is 80.7 Å². The maximum absolute atomic E-state index is 13.5. The van der Waals surface area contributed by atoms with E-state index in [9.17, 15) is 19.8 Å². The van der Waals surface area contributed by atoms with Crippen LogP contribution in [0.3, 0.4) is 0 Å². The predicted molar refractivity (Wildman–Crippen MR) is 136 cm³/mol. The topological polar surface area (TPSA) is 143 Å². The molecule has 41 heavy (non-hydrogen) atoms. The molecule has 3 aliphatic heterocycles. The van der Waals surface area contributed by atoms with Gasteiger partial charge >= 0.3 is 11.9 Å². The lowest BCUT2D eigenvalue weighted by atomic mass is 9.33. The van der Waals surface area contributed by atoms with E-state index in [0.29, 0.717) is 24.8 Å². The lowest BCUT2D eigenvalue weighted by molar-refractivity contribution is -0.479. The van der Waals surface area contributed by atoms with Crippen LogP contribution in [0.25, 0.3) is 0 Å². The number of methoxy groups -OCH3 is 2. The Morgan fingerprint density at radius 2 is 1.85 bits per heavy atom. The van der Waals surface area contributed by atoms with E-state index in [4.69, 9.17) is 32.8 Å². The summed E-state index contributed by atoms with van der Waals surface area (Å²) >= 11 is 0. The summed E-state index contributed by atoms with van der Waals surface area (Å²) in [6, 6.07) is 1.72. The number of fused-ring (bicyclic) bond motifs is 3. The van der Waals surface area contributed by atoms with Crippen LogP contribution >= 0.6 is 0 Å². The first-order valence-corrected chi connectivity index (χ1v) is 14.5. The van der Waals surface area contributed by atoms with Crippen LogP contribution in [0, 0.1) is 28.1 Å². The third-order valence-corrected chi connectivity index (χ3v) is 13.2. The summed E-state index contributed by atoms with van der Waals surface area (Å²) in [7, 11) is 2.89. The van der Waals surface area contributed by atoms with Crippen molar-refractivity contribution in [3.8, 4) is 0 Å². The number of hydrogen-bond donors (Lipinski definition) is 2. The van der Waals surface area contributed by atoms with Gasteiger partial charge in [0.2, 0.25) is 0 Å². The van der Waals surface area contributed by atoms with E-state index in [1.165, 1.54) is 26.7 Å². The maximum atomic E-state index is 13.5. The summed E-state index contributed by atoms with van der Waals surface area (Å²) in [6.45, 7) is 7.72. The van der Waals surface area contributed by atoms with Crippen LogP contribution in [0.2, 0.25) is 0 Å². The van der Waals surface area contributed by atoms with E-state index in [0.717, 1.165) is 0 Å². The lowest BCUT2D eigenvalue weighted by Crippen LogP contribution is -2.94. The van der Waals surface area contributed by atoms with Crippen molar-refractivity contribution in [2.75, 3.05) is 14.2 Å². The van der Waals surface area contributed by atoms with Crippen LogP contribution in [0.5, 0.6) is 0 Å². The molecular formula is C30H38O11. The molecule has 1 aromatic rings. The molecule has 4 bridgehead atoms. The number of esters is 2. The molecule has 7 aliphatic rings. The van der Waals surface area contributed by atoms with E-state index in [-0.39, 0.29) is 18.8 Å². The molecule has 4 aliphatic carbocycles. The molecule has 8 rings (SSSR count). The number of hydrogen-bond acceptors (Lipinski definition) is 11. The fraction of sp³-hybridized carbons (Fsp3) is 0.800. The Morgan fingerprint density at radius 1 is 1.12 bits per heavy atom. The van der Waals surface area contributed by atoms with Crippen molar-refractivity contribution >= 4 is 11.9 Å². The summed E-state index contributed by atoms with van der Waals surface area (Å²) in [5.74, 6) is -3.48. The van der Waals surface area contributed by atoms with E-state index in [2.05, 4.69) is 0 Å². The van der Waals surface area contributed by atoms with Gasteiger partial charge in [0.05, 0.1) is 38.3 Å². The summed E-state index contributed by atoms with van der Waals surface area (Å²) in [5, 5.41) is 25.1. The van der Waals surface area contributed by atoms with Gasteiger partial charge in [-0.1, -0.05) is 20.8 Å². The first-order valence-electron chi connectivity index (χ1n) is 14.5. The molecule has 0 aromatic carbocycles. The van der Waals surface area contributed by atoms with Crippen LogP contribution in [-0.4, -0.2) is 77.0 Å². The van der Waals surface area contributed by atoms with Gasteiger partial charge in [-0.3, -0.25) is 9.59 Å². The van der Waals surface area contributed by atoms with Gasteiger partial charge in [0.15, 0.2) is 11.7 Å². The quantitative estimate of drug-likeness (QED) is 0.501. The monoisotopic (exact) mass is 574 g/mol. The van der Waals surface area contributed by atoms with Crippen molar-refractivity contribution in [2.24, 2.45) is 28.1 Å². The molecule has 13 unspecified atom stereocenters. The first kappa shape index (κ1) is 26.6. The minimum Gasteiger partial charge on any atom is -0.472 e. The Bertz CT molecular complexity index is 1360. The minimum absolute atomic E-state index is 0.0567. The van der Waals surface area contributed by atoms with Crippen molar-refractivity contribution in [3.63, 3.8) is 0 Å². The van der Waals surface area contributed by atoms with Crippen molar-refractivity contribution in [1.82, 2.24) is 0 Å². The number of ether oxygens (including phenoxy) is 6. The van der Waals surface area contributed by atoms with Crippen LogP contribution in [0.1, 0.15) is 71.5 Å². The molecule has 3 spiro atoms. The number of furan rings is 1.